The Morgan fingerprint density at radius 1 is 1.32 bits per heavy atom. The van der Waals surface area contributed by atoms with Crippen LogP contribution in [0, 0.1) is 0 Å². The van der Waals surface area contributed by atoms with Gasteiger partial charge >= 0.3 is 6.03 Å². The van der Waals surface area contributed by atoms with E-state index in [-0.39, 0.29) is 0 Å². The number of nitrogens with zero attached hydrogens (tertiary/aromatic N) is 1. The highest BCUT2D eigenvalue weighted by Gasteiger charge is 2.33. The lowest BCUT2D eigenvalue weighted by Gasteiger charge is -2.23. The van der Waals surface area contributed by atoms with Crippen molar-refractivity contribution in [2.45, 2.75) is 18.9 Å². The summed E-state index contributed by atoms with van der Waals surface area (Å²) in [6.45, 7) is 0.479. The van der Waals surface area contributed by atoms with E-state index in [2.05, 4.69) is 5.32 Å². The second-order valence-corrected chi connectivity index (χ2v) is 5.28. The number of likely N-dealkylation sites (tertiary alicyclic amines) is 1. The van der Waals surface area contributed by atoms with Crippen molar-refractivity contribution in [1.82, 2.24) is 4.90 Å². The Hall–Kier alpha value is -2.15. The first-order chi connectivity index (χ1) is 10.5. The fourth-order valence-corrected chi connectivity index (χ4v) is 2.68. The Labute approximate surface area is 133 Å². The molecule has 1 aromatic carbocycles. The number of carbonyl (C=O) groups excluding carboxylic acids is 2. The molecule has 1 fully saturated rings. The molecule has 22 heavy (non-hydrogen) atoms. The molecule has 7 nitrogen and oxygen atoms in total. The van der Waals surface area contributed by atoms with Gasteiger partial charge in [0.15, 0.2) is 0 Å². The van der Waals surface area contributed by atoms with Gasteiger partial charge in [0.1, 0.15) is 17.5 Å². The third-order valence-electron chi connectivity index (χ3n) is 3.56. The maximum Gasteiger partial charge on any atom is 0.322 e. The van der Waals surface area contributed by atoms with Crippen LogP contribution in [-0.2, 0) is 4.79 Å². The number of anilines is 1. The highest BCUT2D eigenvalue weighted by molar-refractivity contribution is 6.32. The first kappa shape index (κ1) is 16.2. The van der Waals surface area contributed by atoms with Gasteiger partial charge in [-0.05, 0) is 12.8 Å². The number of hydrogen-bond donors (Lipinski definition) is 2. The van der Waals surface area contributed by atoms with E-state index in [1.807, 2.05) is 0 Å². The zero-order valence-corrected chi connectivity index (χ0v) is 13.1. The average Bonchev–Trinajstić information content (AvgIpc) is 2.98. The van der Waals surface area contributed by atoms with Gasteiger partial charge < -0.3 is 25.4 Å². The Bertz CT molecular complexity index is 594. The van der Waals surface area contributed by atoms with Crippen molar-refractivity contribution in [2.24, 2.45) is 5.73 Å². The summed E-state index contributed by atoms with van der Waals surface area (Å²) >= 11 is 6.02. The number of halogens is 1. The van der Waals surface area contributed by atoms with Gasteiger partial charge in [-0.1, -0.05) is 11.6 Å². The number of nitrogens with two attached hydrogens (primary N) is 1. The second-order valence-electron chi connectivity index (χ2n) is 4.87. The number of nitrogens with one attached hydrogen (secondary N) is 1. The fraction of sp³-hybridized carbons (Fsp3) is 0.429. The molecule has 1 saturated heterocycles. The normalized spacial score (nSPS) is 17.2. The smallest absolute Gasteiger partial charge is 0.322 e. The van der Waals surface area contributed by atoms with Gasteiger partial charge in [0.2, 0.25) is 5.91 Å². The molecule has 120 valence electrons. The Balaban J connectivity index is 2.22. The molecular formula is C14H18ClN3O4. The van der Waals surface area contributed by atoms with Crippen molar-refractivity contribution in [3.05, 3.63) is 17.2 Å². The first-order valence-electron chi connectivity index (χ1n) is 6.76. The number of hydrogen-bond acceptors (Lipinski definition) is 4. The van der Waals surface area contributed by atoms with Crippen LogP contribution < -0.4 is 20.5 Å². The number of amides is 3. The van der Waals surface area contributed by atoms with Crippen LogP contribution in [0.25, 0.3) is 0 Å². The van der Waals surface area contributed by atoms with Crippen molar-refractivity contribution in [3.63, 3.8) is 0 Å². The van der Waals surface area contributed by atoms with Crippen LogP contribution in [0.1, 0.15) is 12.8 Å². The van der Waals surface area contributed by atoms with Crippen LogP contribution in [0.5, 0.6) is 11.5 Å². The highest BCUT2D eigenvalue weighted by atomic mass is 35.5. The van der Waals surface area contributed by atoms with Crippen molar-refractivity contribution in [2.75, 3.05) is 26.1 Å². The van der Waals surface area contributed by atoms with Gasteiger partial charge in [-0.3, -0.25) is 4.79 Å². The number of benzene rings is 1. The molecule has 0 radical (unpaired) electrons. The van der Waals surface area contributed by atoms with Crippen LogP contribution in [0.2, 0.25) is 5.02 Å². The summed E-state index contributed by atoms with van der Waals surface area (Å²) in [5, 5.41) is 3.07. The standard InChI is InChI=1S/C14H18ClN3O4/c1-21-11-7-9(12(22-2)6-8(11)15)17-14(20)18-5-3-4-10(18)13(16)19/h6-7,10H,3-5H2,1-2H3,(H2,16,19)(H,17,20)/t10-/m1/s1. The largest absolute Gasteiger partial charge is 0.495 e. The van der Waals surface area contributed by atoms with Crippen molar-refractivity contribution >= 4 is 29.2 Å². The molecule has 1 aromatic rings. The van der Waals surface area contributed by atoms with Crippen LogP contribution in [-0.4, -0.2) is 43.6 Å². The predicted molar refractivity (Wildman–Crippen MR) is 82.5 cm³/mol. The monoisotopic (exact) mass is 327 g/mol. The number of ether oxygens (including phenoxy) is 2. The van der Waals surface area contributed by atoms with E-state index < -0.39 is 18.0 Å². The van der Waals surface area contributed by atoms with Crippen molar-refractivity contribution in [1.29, 1.82) is 0 Å². The molecular weight excluding hydrogens is 310 g/mol. The van der Waals surface area contributed by atoms with E-state index in [4.69, 9.17) is 26.8 Å². The molecule has 3 amide bonds. The summed E-state index contributed by atoms with van der Waals surface area (Å²) in [6.07, 6.45) is 1.31. The number of primary amides is 1. The molecule has 0 aliphatic carbocycles. The van der Waals surface area contributed by atoms with E-state index in [9.17, 15) is 9.59 Å². The van der Waals surface area contributed by atoms with E-state index in [0.717, 1.165) is 6.42 Å². The molecule has 3 N–H and O–H groups in total. The van der Waals surface area contributed by atoms with Gasteiger partial charge in [-0.15, -0.1) is 0 Å². The minimum absolute atomic E-state index is 0.369. The maximum absolute atomic E-state index is 12.4. The van der Waals surface area contributed by atoms with E-state index in [1.165, 1.54) is 19.1 Å². The fourth-order valence-electron chi connectivity index (χ4n) is 2.45. The molecule has 1 heterocycles. The molecule has 0 aromatic heterocycles. The molecule has 2 rings (SSSR count). The second kappa shape index (κ2) is 6.74. The third-order valence-corrected chi connectivity index (χ3v) is 3.85. The maximum atomic E-state index is 12.4. The van der Waals surface area contributed by atoms with Gasteiger partial charge in [-0.2, -0.15) is 0 Å². The zero-order valence-electron chi connectivity index (χ0n) is 12.4. The molecule has 0 bridgehead atoms. The lowest BCUT2D eigenvalue weighted by atomic mass is 10.2. The van der Waals surface area contributed by atoms with E-state index in [0.29, 0.717) is 35.2 Å². The predicted octanol–water partition coefficient (Wildman–Crippen LogP) is 1.84. The quantitative estimate of drug-likeness (QED) is 0.882. The summed E-state index contributed by atoms with van der Waals surface area (Å²) in [5.74, 6) is 0.299. The third kappa shape index (κ3) is 3.19. The van der Waals surface area contributed by atoms with Crippen molar-refractivity contribution < 1.29 is 19.1 Å². The van der Waals surface area contributed by atoms with E-state index >= 15 is 0 Å². The summed E-state index contributed by atoms with van der Waals surface area (Å²) in [5.41, 5.74) is 5.72. The van der Waals surface area contributed by atoms with Gasteiger partial charge in [-0.25, -0.2) is 4.79 Å². The average molecular weight is 328 g/mol. The summed E-state index contributed by atoms with van der Waals surface area (Å²) in [6, 6.07) is 2.11. The lowest BCUT2D eigenvalue weighted by molar-refractivity contribution is -0.121. The minimum atomic E-state index is -0.583. The van der Waals surface area contributed by atoms with Gasteiger partial charge in [0, 0.05) is 18.7 Å². The Morgan fingerprint density at radius 2 is 2.00 bits per heavy atom. The number of carbonyl (C=O) groups is 2. The lowest BCUT2D eigenvalue weighted by Crippen LogP contribution is -2.45. The van der Waals surface area contributed by atoms with Crippen molar-refractivity contribution in [3.8, 4) is 11.5 Å². The SMILES string of the molecule is COc1cc(NC(=O)N2CCC[C@@H]2C(N)=O)c(OC)cc1Cl. The number of urea groups is 1. The molecule has 0 spiro atoms. The van der Waals surface area contributed by atoms with Crippen LogP contribution in [0.4, 0.5) is 10.5 Å². The number of methoxy groups -OCH3 is 2. The minimum Gasteiger partial charge on any atom is -0.495 e. The summed E-state index contributed by atoms with van der Waals surface area (Å²) in [7, 11) is 2.94. The van der Waals surface area contributed by atoms with Gasteiger partial charge in [0.05, 0.1) is 24.9 Å². The summed E-state index contributed by atoms with van der Waals surface area (Å²) in [4.78, 5) is 25.2. The molecule has 0 saturated carbocycles. The zero-order chi connectivity index (χ0) is 16.3. The molecule has 1 atom stereocenters. The highest BCUT2D eigenvalue weighted by Crippen LogP contribution is 2.36. The van der Waals surface area contributed by atoms with Gasteiger partial charge in [0.25, 0.3) is 0 Å². The molecule has 0 unspecified atom stereocenters. The molecule has 1 aliphatic heterocycles. The van der Waals surface area contributed by atoms with Crippen LogP contribution in [0.15, 0.2) is 12.1 Å². The molecule has 8 heteroatoms. The van der Waals surface area contributed by atoms with E-state index in [1.54, 1.807) is 12.1 Å². The molecule has 1 aliphatic rings. The Kier molecular flexibility index (Phi) is 4.97. The first-order valence-corrected chi connectivity index (χ1v) is 7.14. The van der Waals surface area contributed by atoms with Crippen LogP contribution >= 0.6 is 11.6 Å². The topological polar surface area (TPSA) is 93.9 Å². The summed E-state index contributed by atoms with van der Waals surface area (Å²) < 4.78 is 10.3. The van der Waals surface area contributed by atoms with Crippen LogP contribution in [0.3, 0.4) is 0 Å². The Morgan fingerprint density at radius 3 is 2.59 bits per heavy atom. The number of rotatable bonds is 4.